The summed E-state index contributed by atoms with van der Waals surface area (Å²) in [5, 5.41) is 3.11. The van der Waals surface area contributed by atoms with Crippen LogP contribution < -0.4 is 5.32 Å². The van der Waals surface area contributed by atoms with Gasteiger partial charge in [-0.3, -0.25) is 9.38 Å². The van der Waals surface area contributed by atoms with Gasteiger partial charge < -0.3 is 15.0 Å². The zero-order valence-electron chi connectivity index (χ0n) is 16.5. The number of aromatic nitrogens is 4. The van der Waals surface area contributed by atoms with Crippen LogP contribution >= 0.6 is 0 Å². The molecule has 1 N–H and O–H groups in total. The van der Waals surface area contributed by atoms with Crippen LogP contribution in [0, 0.1) is 0 Å². The minimum atomic E-state index is -1.21. The number of halogens is 1. The average molecular weight is 398 g/mol. The lowest BCUT2D eigenvalue weighted by Crippen LogP contribution is -2.36. The largest absolute Gasteiger partial charge is 0.444 e. The summed E-state index contributed by atoms with van der Waals surface area (Å²) in [5.74, 6) is 0.533. The number of likely N-dealkylation sites (tertiary alicyclic amines) is 1. The van der Waals surface area contributed by atoms with Crippen LogP contribution in [0.2, 0.25) is 0 Å². The van der Waals surface area contributed by atoms with Gasteiger partial charge in [-0.2, -0.15) is 0 Å². The van der Waals surface area contributed by atoms with Crippen molar-refractivity contribution in [3.05, 3.63) is 43.0 Å². The predicted octanol–water partition coefficient (Wildman–Crippen LogP) is 3.16. The smallest absolute Gasteiger partial charge is 0.410 e. The van der Waals surface area contributed by atoms with Crippen molar-refractivity contribution in [2.75, 3.05) is 18.4 Å². The zero-order chi connectivity index (χ0) is 20.6. The Kier molecular flexibility index (Phi) is 4.81. The van der Waals surface area contributed by atoms with E-state index in [0.717, 1.165) is 11.3 Å². The number of carbonyl (C=O) groups excluding carboxylic acids is 1. The van der Waals surface area contributed by atoms with E-state index in [9.17, 15) is 9.18 Å². The minimum absolute atomic E-state index is 0.00741. The number of rotatable bonds is 3. The number of hydrogen-bond donors (Lipinski definition) is 1. The van der Waals surface area contributed by atoms with Gasteiger partial charge in [-0.05, 0) is 32.9 Å². The molecule has 0 aromatic carbocycles. The van der Waals surface area contributed by atoms with Gasteiger partial charge in [0.15, 0.2) is 5.65 Å². The van der Waals surface area contributed by atoms with Gasteiger partial charge in [-0.15, -0.1) is 0 Å². The summed E-state index contributed by atoms with van der Waals surface area (Å²) >= 11 is 0. The fourth-order valence-electron chi connectivity index (χ4n) is 3.26. The molecule has 0 radical (unpaired) electrons. The highest BCUT2D eigenvalue weighted by Gasteiger charge is 2.37. The summed E-state index contributed by atoms with van der Waals surface area (Å²) in [6, 6.07) is 4.93. The van der Waals surface area contributed by atoms with Crippen molar-refractivity contribution in [2.24, 2.45) is 0 Å². The predicted molar refractivity (Wildman–Crippen MR) is 106 cm³/mol. The summed E-state index contributed by atoms with van der Waals surface area (Å²) < 4.78 is 21.8. The molecule has 0 unspecified atom stereocenters. The summed E-state index contributed by atoms with van der Waals surface area (Å²) in [6.07, 6.45) is 5.16. The van der Waals surface area contributed by atoms with Crippen LogP contribution in [0.15, 0.2) is 43.0 Å². The van der Waals surface area contributed by atoms with E-state index in [4.69, 9.17) is 4.74 Å². The number of fused-ring (bicyclic) bond motifs is 1. The molecule has 1 aliphatic rings. The molecule has 8 nitrogen and oxygen atoms in total. The number of hydrogen-bond acceptors (Lipinski definition) is 6. The molecule has 152 valence electrons. The van der Waals surface area contributed by atoms with E-state index in [1.54, 1.807) is 45.4 Å². The Morgan fingerprint density at radius 1 is 1.28 bits per heavy atom. The second kappa shape index (κ2) is 7.31. The third-order valence-corrected chi connectivity index (χ3v) is 4.56. The van der Waals surface area contributed by atoms with Gasteiger partial charge in [0.05, 0.1) is 36.4 Å². The Bertz CT molecular complexity index is 1030. The number of nitrogens with zero attached hydrogens (tertiary/aromatic N) is 5. The van der Waals surface area contributed by atoms with Crippen molar-refractivity contribution in [1.82, 2.24) is 24.3 Å². The number of alkyl halides is 1. The molecule has 1 aliphatic heterocycles. The monoisotopic (exact) mass is 398 g/mol. The summed E-state index contributed by atoms with van der Waals surface area (Å²) in [5.41, 5.74) is 1.61. The first-order valence-electron chi connectivity index (χ1n) is 9.43. The lowest BCUT2D eigenvalue weighted by atomic mass is 10.2. The lowest BCUT2D eigenvalue weighted by molar-refractivity contribution is 0.0283. The molecular formula is C20H23FN6O2. The van der Waals surface area contributed by atoms with Crippen molar-refractivity contribution in [3.63, 3.8) is 0 Å². The van der Waals surface area contributed by atoms with Gasteiger partial charge >= 0.3 is 6.09 Å². The molecule has 1 amide bonds. The maximum Gasteiger partial charge on any atom is 0.410 e. The Labute approximate surface area is 167 Å². The van der Waals surface area contributed by atoms with Crippen molar-refractivity contribution < 1.29 is 13.9 Å². The van der Waals surface area contributed by atoms with E-state index in [1.807, 2.05) is 22.7 Å². The van der Waals surface area contributed by atoms with Crippen LogP contribution in [0.3, 0.4) is 0 Å². The Morgan fingerprint density at radius 2 is 2.10 bits per heavy atom. The maximum atomic E-state index is 14.5. The summed E-state index contributed by atoms with van der Waals surface area (Å²) in [7, 11) is 0. The van der Waals surface area contributed by atoms with E-state index in [0.29, 0.717) is 11.5 Å². The Hall–Kier alpha value is -3.23. The molecule has 3 aromatic heterocycles. The lowest BCUT2D eigenvalue weighted by Gasteiger charge is -2.24. The topological polar surface area (TPSA) is 84.6 Å². The van der Waals surface area contributed by atoms with Gasteiger partial charge in [0.25, 0.3) is 0 Å². The highest BCUT2D eigenvalue weighted by Crippen LogP contribution is 2.23. The molecule has 1 saturated heterocycles. The van der Waals surface area contributed by atoms with Crippen molar-refractivity contribution >= 4 is 17.6 Å². The molecule has 2 atom stereocenters. The Balaban J connectivity index is 1.49. The van der Waals surface area contributed by atoms with Crippen LogP contribution in [0.1, 0.15) is 20.8 Å². The molecule has 9 heteroatoms. The van der Waals surface area contributed by atoms with Gasteiger partial charge in [-0.1, -0.05) is 6.07 Å². The molecule has 4 rings (SSSR count). The van der Waals surface area contributed by atoms with Gasteiger partial charge in [-0.25, -0.2) is 19.2 Å². The maximum absolute atomic E-state index is 14.5. The Morgan fingerprint density at radius 3 is 2.90 bits per heavy atom. The van der Waals surface area contributed by atoms with Crippen LogP contribution in [-0.2, 0) is 4.74 Å². The first kappa shape index (κ1) is 19.1. The highest BCUT2D eigenvalue weighted by atomic mass is 19.1. The second-order valence-corrected chi connectivity index (χ2v) is 8.01. The highest BCUT2D eigenvalue weighted by molar-refractivity contribution is 5.69. The number of ether oxygens (including phenoxy) is 1. The van der Waals surface area contributed by atoms with Crippen LogP contribution in [-0.4, -0.2) is 61.2 Å². The number of pyridine rings is 1. The molecular weight excluding hydrogens is 375 g/mol. The number of anilines is 1. The van der Waals surface area contributed by atoms with Crippen LogP contribution in [0.5, 0.6) is 0 Å². The third kappa shape index (κ3) is 4.13. The van der Waals surface area contributed by atoms with Crippen molar-refractivity contribution in [2.45, 2.75) is 38.6 Å². The summed E-state index contributed by atoms with van der Waals surface area (Å²) in [6.45, 7) is 5.57. The van der Waals surface area contributed by atoms with Crippen LogP contribution in [0.4, 0.5) is 15.0 Å². The molecule has 29 heavy (non-hydrogen) atoms. The van der Waals surface area contributed by atoms with Gasteiger partial charge in [0, 0.05) is 18.9 Å². The third-order valence-electron chi connectivity index (χ3n) is 4.56. The number of amides is 1. The molecule has 0 bridgehead atoms. The quantitative estimate of drug-likeness (QED) is 0.730. The first-order valence-corrected chi connectivity index (χ1v) is 9.43. The second-order valence-electron chi connectivity index (χ2n) is 8.01. The fourth-order valence-corrected chi connectivity index (χ4v) is 3.26. The van der Waals surface area contributed by atoms with Gasteiger partial charge in [0.1, 0.15) is 17.6 Å². The average Bonchev–Trinajstić information content (AvgIpc) is 3.25. The molecule has 3 aromatic rings. The normalized spacial score (nSPS) is 19.5. The standard InChI is InChI=1S/C20H23FN6O2/c1-20(2,3)29-19(28)26-11-13(21)15(12-26)25-17-6-4-5-14(24-17)16-9-23-18-10-22-7-8-27(16)18/h4-10,13,15H,11-12H2,1-3H3,(H,24,25)/t13-,15-/m0/s1. The number of carbonyl (C=O) groups is 1. The van der Waals surface area contributed by atoms with Crippen molar-refractivity contribution in [1.29, 1.82) is 0 Å². The number of nitrogens with one attached hydrogen (secondary N) is 1. The van der Waals surface area contributed by atoms with E-state index in [1.165, 1.54) is 4.90 Å². The SMILES string of the molecule is CC(C)(C)OC(=O)N1C[C@H](Nc2cccc(-c3cnc4cnccn34)n2)[C@@H](F)C1. The molecule has 0 aliphatic carbocycles. The van der Waals surface area contributed by atoms with E-state index in [-0.39, 0.29) is 13.1 Å². The van der Waals surface area contributed by atoms with E-state index >= 15 is 0 Å². The zero-order valence-corrected chi connectivity index (χ0v) is 16.5. The molecule has 0 spiro atoms. The van der Waals surface area contributed by atoms with Gasteiger partial charge in [0.2, 0.25) is 0 Å². The van der Waals surface area contributed by atoms with E-state index in [2.05, 4.69) is 20.3 Å². The fraction of sp³-hybridized carbons (Fsp3) is 0.400. The minimum Gasteiger partial charge on any atom is -0.444 e. The summed E-state index contributed by atoms with van der Waals surface area (Å²) in [4.78, 5) is 26.6. The number of imidazole rings is 1. The van der Waals surface area contributed by atoms with Crippen molar-refractivity contribution in [3.8, 4) is 11.4 Å². The molecule has 0 saturated carbocycles. The molecule has 4 heterocycles. The van der Waals surface area contributed by atoms with E-state index < -0.39 is 23.9 Å². The first-order chi connectivity index (χ1) is 13.8. The van der Waals surface area contributed by atoms with Crippen LogP contribution in [0.25, 0.3) is 17.0 Å². The molecule has 1 fully saturated rings.